The van der Waals surface area contributed by atoms with E-state index in [1.165, 1.54) is 29.9 Å². The predicted octanol–water partition coefficient (Wildman–Crippen LogP) is 2.03. The molecule has 2 aliphatic heterocycles. The molecule has 6 N–H and O–H groups in total. The van der Waals surface area contributed by atoms with Gasteiger partial charge in [0.2, 0.25) is 16.2 Å². The van der Waals surface area contributed by atoms with Gasteiger partial charge in [0.15, 0.2) is 29.6 Å². The lowest BCUT2D eigenvalue weighted by atomic mass is 10.4. The summed E-state index contributed by atoms with van der Waals surface area (Å²) in [5.41, 5.74) is 12.5. The Morgan fingerprint density at radius 3 is 2.32 bits per heavy atom. The van der Waals surface area contributed by atoms with E-state index >= 15 is 0 Å². The molecule has 0 aromatic carbocycles. The Bertz CT molecular complexity index is 1720. The van der Waals surface area contributed by atoms with E-state index in [4.69, 9.17) is 28.0 Å². The van der Waals surface area contributed by atoms with Crippen LogP contribution in [0, 0.1) is 0 Å². The van der Waals surface area contributed by atoms with Gasteiger partial charge in [-0.25, -0.2) is 9.97 Å². The van der Waals surface area contributed by atoms with Gasteiger partial charge in [0, 0.05) is 35.1 Å². The third kappa shape index (κ3) is 7.16. The number of anilines is 2. The predicted molar refractivity (Wildman–Crippen MR) is 166 cm³/mol. The van der Waals surface area contributed by atoms with Gasteiger partial charge in [-0.3, -0.25) is 9.78 Å². The van der Waals surface area contributed by atoms with Gasteiger partial charge in [0.1, 0.15) is 16.5 Å². The van der Waals surface area contributed by atoms with E-state index in [9.17, 15) is 18.8 Å². The normalized spacial score (nSPS) is 24.3. The van der Waals surface area contributed by atoms with E-state index in [1.54, 1.807) is 41.1 Å². The van der Waals surface area contributed by atoms with Crippen LogP contribution in [0.25, 0.3) is 22.3 Å². The first-order valence-corrected chi connectivity index (χ1v) is 19.5. The number of hydrogen-bond acceptors (Lipinski definition) is 15. The average Bonchev–Trinajstić information content (AvgIpc) is 3.68. The summed E-state index contributed by atoms with van der Waals surface area (Å²) in [6.07, 6.45) is 3.18. The smallest absolute Gasteiger partial charge is 0.360 e. The van der Waals surface area contributed by atoms with Crippen molar-refractivity contribution in [2.45, 2.75) is 32.2 Å². The fourth-order valence-electron chi connectivity index (χ4n) is 4.02. The highest BCUT2D eigenvalue weighted by Gasteiger charge is 2.37. The van der Waals surface area contributed by atoms with Crippen molar-refractivity contribution in [3.05, 3.63) is 28.2 Å². The van der Waals surface area contributed by atoms with E-state index in [-0.39, 0.29) is 32.1 Å². The number of nitrogens with zero attached hydrogens (tertiary/aromatic N) is 7. The highest BCUT2D eigenvalue weighted by molar-refractivity contribution is 8.26. The number of nitrogens with one attached hydrogen (secondary N) is 1. The van der Waals surface area contributed by atoms with Crippen LogP contribution < -0.4 is 21.9 Å². The second kappa shape index (κ2) is 12.6. The lowest BCUT2D eigenvalue weighted by Crippen LogP contribution is -2.16. The average molecular weight is 697 g/mol. The number of imidazole rings is 2. The zero-order chi connectivity index (χ0) is 29.5. The number of hydrogen-bond donors (Lipinski definition) is 4. The number of nitrogens with two attached hydrogens (primary N) is 2. The third-order valence-electron chi connectivity index (χ3n) is 5.76. The van der Waals surface area contributed by atoms with Gasteiger partial charge >= 0.3 is 7.80 Å². The largest absolute Gasteiger partial charge is 0.777 e. The van der Waals surface area contributed by atoms with E-state index < -0.39 is 25.3 Å². The second-order valence-corrected chi connectivity index (χ2v) is 19.6. The molecule has 6 heterocycles. The minimum Gasteiger partial charge on any atom is -0.777 e. The van der Waals surface area contributed by atoms with Crippen molar-refractivity contribution in [3.63, 3.8) is 0 Å². The summed E-state index contributed by atoms with van der Waals surface area (Å²) in [6, 6.07) is 0. The van der Waals surface area contributed by atoms with Crippen molar-refractivity contribution in [2.75, 3.05) is 29.6 Å². The molecule has 0 aliphatic carbocycles. The molecule has 6 rings (SSSR count). The maximum atomic E-state index is 11.7. The molecular weight excluding hydrogens is 674 g/mol. The van der Waals surface area contributed by atoms with Crippen molar-refractivity contribution in [1.29, 1.82) is 0 Å². The molecule has 220 valence electrons. The summed E-state index contributed by atoms with van der Waals surface area (Å²) in [4.78, 5) is 54.6. The Labute approximate surface area is 255 Å². The fourth-order valence-corrected chi connectivity index (χ4v) is 13.9. The number of aromatic nitrogens is 8. The van der Waals surface area contributed by atoms with Crippen LogP contribution in [-0.4, -0.2) is 81.2 Å². The van der Waals surface area contributed by atoms with Gasteiger partial charge in [0.25, 0.3) is 5.56 Å². The molecule has 2 aliphatic rings. The first kappa shape index (κ1) is 30.9. The maximum Gasteiger partial charge on any atom is 0.360 e. The summed E-state index contributed by atoms with van der Waals surface area (Å²) in [7, 11) is -5.50. The minimum absolute atomic E-state index is 0.00000557. The Balaban J connectivity index is 0.000000165. The van der Waals surface area contributed by atoms with E-state index in [2.05, 4.69) is 29.9 Å². The van der Waals surface area contributed by atoms with Gasteiger partial charge in [-0.05, 0) is 0 Å². The lowest BCUT2D eigenvalue weighted by Gasteiger charge is -2.21. The Hall–Kier alpha value is -1.56. The molecule has 4 aromatic heterocycles. The molecule has 0 radical (unpaired) electrons. The van der Waals surface area contributed by atoms with Crippen molar-refractivity contribution in [3.8, 4) is 0 Å². The van der Waals surface area contributed by atoms with Gasteiger partial charge in [0.05, 0.1) is 12.7 Å². The second-order valence-electron chi connectivity index (χ2n) is 8.87. The minimum atomic E-state index is -4.34. The van der Waals surface area contributed by atoms with Crippen LogP contribution in [0.1, 0.15) is 0 Å². The quantitative estimate of drug-likeness (QED) is 0.167. The molecule has 22 heteroatoms. The molecule has 2 saturated heterocycles. The fraction of sp³-hybridized carbons (Fsp3) is 0.474. The highest BCUT2D eigenvalue weighted by Crippen LogP contribution is 2.56. The highest BCUT2D eigenvalue weighted by atomic mass is 35.5. The molecule has 0 spiro atoms. The van der Waals surface area contributed by atoms with E-state index in [0.29, 0.717) is 34.4 Å². The molecule has 2 fully saturated rings. The number of aromatic amines is 1. The van der Waals surface area contributed by atoms with Gasteiger partial charge in [-0.1, -0.05) is 39.7 Å². The molecule has 0 saturated carbocycles. The Morgan fingerprint density at radius 1 is 1.10 bits per heavy atom. The molecule has 41 heavy (non-hydrogen) atoms. The van der Waals surface area contributed by atoms with Gasteiger partial charge in [-0.2, -0.15) is 15.0 Å². The van der Waals surface area contributed by atoms with Gasteiger partial charge in [-0.15, -0.1) is 23.5 Å². The Morgan fingerprint density at radius 2 is 1.71 bits per heavy atom. The van der Waals surface area contributed by atoms with Crippen molar-refractivity contribution in [1.82, 2.24) is 39.0 Å². The van der Waals surface area contributed by atoms with Crippen LogP contribution in [0.3, 0.4) is 0 Å². The van der Waals surface area contributed by atoms with Crippen LogP contribution in [-0.2, 0) is 22.2 Å². The monoisotopic (exact) mass is 696 g/mol. The van der Waals surface area contributed by atoms with Crippen molar-refractivity contribution < 1.29 is 18.9 Å². The third-order valence-corrected chi connectivity index (χ3v) is 17.7. The number of fused-ring (bicyclic) bond motifs is 2. The zero-order valence-corrected chi connectivity index (χ0v) is 26.9. The number of H-pyrrole nitrogens is 1. The first-order chi connectivity index (χ1) is 19.4. The van der Waals surface area contributed by atoms with E-state index in [0.717, 1.165) is 12.3 Å². The van der Waals surface area contributed by atoms with Crippen LogP contribution in [0.5, 0.6) is 0 Å². The number of rotatable bonds is 6. The van der Waals surface area contributed by atoms with Crippen LogP contribution in [0.15, 0.2) is 17.4 Å². The number of thioether (sulfide) groups is 4. The lowest BCUT2D eigenvalue weighted by molar-refractivity contribution is -0.192. The van der Waals surface area contributed by atoms with Crippen LogP contribution >= 0.6 is 74.0 Å². The standard InChI is InChI=1S/C10H12ClN5OPS2.C9H12N5O4PS2/c1-18(17)10-19-3-5(20-10)2-16-4-13-6-7(11)14-9(12)15-8(6)16;10-8-12-6-5(7(15)13-8)11-3-14(6)1-4-2-20-9(21-4)19(16,17)18/h4-5,10H,2-3H2,1H3,(H2,12,14,15);3-4,9H,1-2H2,(H2,16,17,18)(H3,10,12,13,15)/q+1;/p-1. The summed E-state index contributed by atoms with van der Waals surface area (Å²) in [5, 5.41) is 0.625. The molecule has 6 unspecified atom stereocenters. The zero-order valence-electron chi connectivity index (χ0n) is 21.1. The van der Waals surface area contributed by atoms with Gasteiger partial charge < -0.3 is 35.0 Å². The number of halogens is 1. The summed E-state index contributed by atoms with van der Waals surface area (Å²) < 4.78 is 25.6. The SMILES string of the molecule is C[P+](=O)C1SCC(Cn2cnc3c(Cl)nc(N)nc32)S1.Nc1nc2c(ncn2CC2CSC(P(=O)([O-])O)S2)c(=O)[nH]1. The molecule has 6 atom stereocenters. The van der Waals surface area contributed by atoms with Crippen LogP contribution in [0.2, 0.25) is 5.15 Å². The van der Waals surface area contributed by atoms with Crippen molar-refractivity contribution in [2.24, 2.45) is 0 Å². The van der Waals surface area contributed by atoms with E-state index in [1.807, 2.05) is 4.57 Å². The molecule has 4 aromatic rings. The summed E-state index contributed by atoms with van der Waals surface area (Å²) in [5.74, 6) is 1.69. The summed E-state index contributed by atoms with van der Waals surface area (Å²) >= 11 is 11.9. The molecule has 15 nitrogen and oxygen atoms in total. The molecular formula is C19H23ClN10O5P2S4. The van der Waals surface area contributed by atoms with Crippen molar-refractivity contribution >= 4 is 108 Å². The first-order valence-electron chi connectivity index (χ1n) is 11.7. The number of nitrogen functional groups attached to an aromatic ring is 2. The maximum absolute atomic E-state index is 11.7. The molecule has 0 amide bonds. The topological polar surface area (TPSA) is 237 Å². The van der Waals surface area contributed by atoms with Crippen LogP contribution in [0.4, 0.5) is 11.9 Å². The molecule has 0 bridgehead atoms. The summed E-state index contributed by atoms with van der Waals surface area (Å²) in [6.45, 7) is 2.96. The Kier molecular flexibility index (Phi) is 9.48.